The molecule has 0 saturated carbocycles. The van der Waals surface area contributed by atoms with E-state index >= 15 is 0 Å². The summed E-state index contributed by atoms with van der Waals surface area (Å²) in [6.45, 7) is 3.14. The van der Waals surface area contributed by atoms with Gasteiger partial charge in [-0.05, 0) is 0 Å². The second kappa shape index (κ2) is 8.61. The molecule has 0 rings (SSSR count). The van der Waals surface area contributed by atoms with Crippen LogP contribution in [0.4, 0.5) is 0 Å². The van der Waals surface area contributed by atoms with Crippen molar-refractivity contribution in [2.75, 3.05) is 20.3 Å². The van der Waals surface area contributed by atoms with Crippen LogP contribution in [-0.2, 0) is 10.9 Å². The molecule has 0 aromatic rings. The topological polar surface area (TPSA) is 35.5 Å². The third kappa shape index (κ3) is 8.42. The number of methoxy groups -OCH3 is 1. The van der Waals surface area contributed by atoms with E-state index in [0.717, 1.165) is 17.3 Å². The van der Waals surface area contributed by atoms with Crippen LogP contribution in [0.25, 0.3) is 0 Å². The van der Waals surface area contributed by atoms with Crippen LogP contribution in [0.3, 0.4) is 0 Å². The van der Waals surface area contributed by atoms with Crippen LogP contribution >= 0.6 is 0 Å². The van der Waals surface area contributed by atoms with Gasteiger partial charge in [0.2, 0.25) is 0 Å². The minimum atomic E-state index is -2.59. The molecule has 0 amide bonds. The van der Waals surface area contributed by atoms with Gasteiger partial charge in [-0.2, -0.15) is 0 Å². The SMILES string of the molecule is CCC[CH2][Sn](=[O])[O]CCOC. The Kier molecular flexibility index (Phi) is 9.02. The molecule has 0 heterocycles. The molecule has 0 aliphatic carbocycles. The van der Waals surface area contributed by atoms with E-state index in [9.17, 15) is 3.08 Å². The van der Waals surface area contributed by atoms with Crippen molar-refractivity contribution in [3.05, 3.63) is 0 Å². The van der Waals surface area contributed by atoms with Crippen LogP contribution in [0.5, 0.6) is 0 Å². The fourth-order valence-corrected chi connectivity index (χ4v) is 3.76. The Bertz CT molecular complexity index is 106. The summed E-state index contributed by atoms with van der Waals surface area (Å²) in [5.41, 5.74) is 0. The van der Waals surface area contributed by atoms with Crippen molar-refractivity contribution in [1.29, 1.82) is 0 Å². The van der Waals surface area contributed by atoms with Crippen LogP contribution in [0.15, 0.2) is 0 Å². The van der Waals surface area contributed by atoms with E-state index < -0.39 is 20.2 Å². The summed E-state index contributed by atoms with van der Waals surface area (Å²) in [7, 11) is 1.61. The number of hydrogen-bond acceptors (Lipinski definition) is 3. The second-order valence-corrected chi connectivity index (χ2v) is 6.69. The Hall–Kier alpha value is 0.519. The van der Waals surface area contributed by atoms with E-state index in [-0.39, 0.29) is 0 Å². The van der Waals surface area contributed by atoms with Crippen LogP contribution < -0.4 is 0 Å². The third-order valence-electron chi connectivity index (χ3n) is 1.28. The predicted octanol–water partition coefficient (Wildman–Crippen LogP) is 1.37. The fraction of sp³-hybridized carbons (Fsp3) is 1.00. The molecule has 0 aliphatic rings. The van der Waals surface area contributed by atoms with E-state index in [1.165, 1.54) is 0 Å². The maximum atomic E-state index is 11.1. The maximum absolute atomic E-state index is 11.1. The van der Waals surface area contributed by atoms with Crippen molar-refractivity contribution >= 4 is 20.2 Å². The molecular weight excluding hydrogens is 251 g/mol. The summed E-state index contributed by atoms with van der Waals surface area (Å²) >= 11 is -2.59. The number of hydrogen-bond donors (Lipinski definition) is 0. The molecule has 4 heteroatoms. The average Bonchev–Trinajstić information content (AvgIpc) is 2.01. The molecule has 0 atom stereocenters. The normalized spacial score (nSPS) is 10.0. The van der Waals surface area contributed by atoms with E-state index in [4.69, 9.17) is 7.81 Å². The molecule has 0 aliphatic heterocycles. The standard InChI is InChI=1S/C4H9.C3H7O2.O.Sn/c1-3-4-2;1-5-3-2-4;;/h1,3-4H2,2H3;2-3H2,1H3;;/q;-1;;+1. The first-order valence-electron chi connectivity index (χ1n) is 3.95. The van der Waals surface area contributed by atoms with Crippen molar-refractivity contribution in [3.63, 3.8) is 0 Å². The fourth-order valence-electron chi connectivity index (χ4n) is 0.632. The molecule has 0 N–H and O–H groups in total. The van der Waals surface area contributed by atoms with Crippen LogP contribution in [-0.4, -0.2) is 40.5 Å². The summed E-state index contributed by atoms with van der Waals surface area (Å²) in [5, 5.41) is 0. The van der Waals surface area contributed by atoms with Gasteiger partial charge in [0.15, 0.2) is 0 Å². The number of rotatable bonds is 7. The molecule has 0 fully saturated rings. The summed E-state index contributed by atoms with van der Waals surface area (Å²) in [6.07, 6.45) is 2.13. The van der Waals surface area contributed by atoms with Gasteiger partial charge >= 0.3 is 75.6 Å². The Morgan fingerprint density at radius 2 is 2.09 bits per heavy atom. The molecule has 0 bridgehead atoms. The second-order valence-electron chi connectivity index (χ2n) is 2.32. The van der Waals surface area contributed by atoms with Crippen LogP contribution in [0.2, 0.25) is 4.44 Å². The van der Waals surface area contributed by atoms with Crippen molar-refractivity contribution in [2.24, 2.45) is 0 Å². The Labute approximate surface area is 75.7 Å². The van der Waals surface area contributed by atoms with E-state index in [1.807, 2.05) is 0 Å². The van der Waals surface area contributed by atoms with Gasteiger partial charge in [0.1, 0.15) is 0 Å². The molecule has 0 spiro atoms. The van der Waals surface area contributed by atoms with Crippen molar-refractivity contribution < 1.29 is 10.9 Å². The van der Waals surface area contributed by atoms with E-state index in [0.29, 0.717) is 13.2 Å². The number of unbranched alkanes of at least 4 members (excludes halogenated alkanes) is 1. The van der Waals surface area contributed by atoms with Crippen LogP contribution in [0.1, 0.15) is 19.8 Å². The molecule has 66 valence electrons. The molecule has 0 unspecified atom stereocenters. The van der Waals surface area contributed by atoms with Crippen LogP contribution in [0, 0.1) is 0 Å². The molecule has 0 radical (unpaired) electrons. The molecule has 0 saturated heterocycles. The Balaban J connectivity index is 3.09. The Morgan fingerprint density at radius 1 is 1.36 bits per heavy atom. The van der Waals surface area contributed by atoms with Crippen molar-refractivity contribution in [1.82, 2.24) is 0 Å². The number of ether oxygens (including phenoxy) is 1. The summed E-state index contributed by atoms with van der Waals surface area (Å²) in [4.78, 5) is 0. The molecule has 0 aromatic heterocycles. The van der Waals surface area contributed by atoms with Crippen molar-refractivity contribution in [2.45, 2.75) is 24.2 Å². The van der Waals surface area contributed by atoms with E-state index in [2.05, 4.69) is 6.92 Å². The first-order chi connectivity index (χ1) is 5.31. The predicted molar refractivity (Wildman–Crippen MR) is 44.0 cm³/mol. The molecular formula is C7H16O3Sn. The van der Waals surface area contributed by atoms with Gasteiger partial charge < -0.3 is 0 Å². The first kappa shape index (κ1) is 11.5. The first-order valence-corrected chi connectivity index (χ1v) is 8.30. The quantitative estimate of drug-likeness (QED) is 0.516. The minimum absolute atomic E-state index is 0.498. The van der Waals surface area contributed by atoms with Crippen molar-refractivity contribution in [3.8, 4) is 0 Å². The Morgan fingerprint density at radius 3 is 2.64 bits per heavy atom. The van der Waals surface area contributed by atoms with E-state index in [1.54, 1.807) is 7.11 Å². The van der Waals surface area contributed by atoms with Gasteiger partial charge in [-0.25, -0.2) is 0 Å². The van der Waals surface area contributed by atoms with Gasteiger partial charge in [-0.3, -0.25) is 0 Å². The molecule has 0 aromatic carbocycles. The summed E-state index contributed by atoms with van der Waals surface area (Å²) in [5.74, 6) is 0. The summed E-state index contributed by atoms with van der Waals surface area (Å²) in [6, 6.07) is 0. The third-order valence-corrected chi connectivity index (χ3v) is 4.96. The molecule has 11 heavy (non-hydrogen) atoms. The summed E-state index contributed by atoms with van der Waals surface area (Å²) < 4.78 is 21.8. The molecule has 3 nitrogen and oxygen atoms in total. The monoisotopic (exact) mass is 268 g/mol. The zero-order valence-corrected chi connectivity index (χ0v) is 10.1. The van der Waals surface area contributed by atoms with Gasteiger partial charge in [0.05, 0.1) is 0 Å². The van der Waals surface area contributed by atoms with Gasteiger partial charge in [-0.15, -0.1) is 0 Å². The van der Waals surface area contributed by atoms with Gasteiger partial charge in [0, 0.05) is 0 Å². The zero-order valence-electron chi connectivity index (χ0n) is 7.26. The zero-order chi connectivity index (χ0) is 8.53. The van der Waals surface area contributed by atoms with Gasteiger partial charge in [0.25, 0.3) is 0 Å². The van der Waals surface area contributed by atoms with Gasteiger partial charge in [-0.1, -0.05) is 0 Å². The average molecular weight is 267 g/mol.